The summed E-state index contributed by atoms with van der Waals surface area (Å²) in [6.45, 7) is 8.76. The van der Waals surface area contributed by atoms with Crippen LogP contribution in [-0.2, 0) is 19.7 Å². The molecule has 2 aromatic carbocycles. The molecule has 0 unspecified atom stereocenters. The maximum atomic E-state index is 13.1. The Labute approximate surface area is 207 Å². The zero-order chi connectivity index (χ0) is 25.4. The third-order valence-corrected chi connectivity index (χ3v) is 5.45. The molecule has 3 rings (SSSR count). The van der Waals surface area contributed by atoms with E-state index in [1.165, 1.54) is 11.0 Å². The second-order valence-electron chi connectivity index (χ2n) is 9.46. The third-order valence-electron chi connectivity index (χ3n) is 5.45. The van der Waals surface area contributed by atoms with E-state index in [0.717, 1.165) is 22.5 Å². The number of carbonyl (C=O) groups is 2. The number of nitrogens with one attached hydrogen (secondary N) is 1. The van der Waals surface area contributed by atoms with Gasteiger partial charge >= 0.3 is 0 Å². The van der Waals surface area contributed by atoms with Crippen molar-refractivity contribution in [2.45, 2.75) is 33.1 Å². The van der Waals surface area contributed by atoms with Crippen LogP contribution in [0.5, 0.6) is 0 Å². The van der Waals surface area contributed by atoms with Gasteiger partial charge in [0, 0.05) is 31.2 Å². The highest BCUT2D eigenvalue weighted by atomic mass is 16.5. The van der Waals surface area contributed by atoms with Gasteiger partial charge in [-0.25, -0.2) is 4.68 Å². The van der Waals surface area contributed by atoms with Crippen LogP contribution in [0.1, 0.15) is 37.6 Å². The fourth-order valence-corrected chi connectivity index (χ4v) is 3.38. The standard InChI is InChI=1S/C28H34N4O3/c1-21-11-14-23(15-12-21)32-25(19-24(30-32)28(2,3)4)29-26(33)20-31(17-18-35-5)27(34)16-13-22-9-7-6-8-10-22/h6-16,19H,17-18,20H2,1-5H3,(H,29,33). The molecule has 3 aromatic rings. The molecule has 184 valence electrons. The van der Waals surface area contributed by atoms with E-state index >= 15 is 0 Å². The Morgan fingerprint density at radius 3 is 2.40 bits per heavy atom. The van der Waals surface area contributed by atoms with Crippen LogP contribution in [0.3, 0.4) is 0 Å². The number of aryl methyl sites for hydroxylation is 1. The molecule has 0 atom stereocenters. The topological polar surface area (TPSA) is 76.5 Å². The number of rotatable bonds is 9. The predicted octanol–water partition coefficient (Wildman–Crippen LogP) is 4.61. The lowest BCUT2D eigenvalue weighted by molar-refractivity contribution is -0.131. The predicted molar refractivity (Wildman–Crippen MR) is 140 cm³/mol. The Hall–Kier alpha value is -3.71. The maximum Gasteiger partial charge on any atom is 0.247 e. The fraction of sp³-hybridized carbons (Fsp3) is 0.321. The van der Waals surface area contributed by atoms with Crippen LogP contribution in [0.15, 0.2) is 66.7 Å². The Kier molecular flexibility index (Phi) is 8.60. The van der Waals surface area contributed by atoms with Gasteiger partial charge in [-0.1, -0.05) is 68.8 Å². The molecular weight excluding hydrogens is 440 g/mol. The van der Waals surface area contributed by atoms with Gasteiger partial charge in [0.1, 0.15) is 12.4 Å². The molecule has 7 nitrogen and oxygen atoms in total. The van der Waals surface area contributed by atoms with Crippen molar-refractivity contribution in [1.82, 2.24) is 14.7 Å². The lowest BCUT2D eigenvalue weighted by atomic mass is 9.92. The molecule has 0 saturated heterocycles. The van der Waals surface area contributed by atoms with E-state index in [1.807, 2.05) is 67.6 Å². The quantitative estimate of drug-likeness (QED) is 0.460. The van der Waals surface area contributed by atoms with E-state index < -0.39 is 0 Å². The second kappa shape index (κ2) is 11.6. The molecule has 1 aromatic heterocycles. The molecule has 0 aliphatic rings. The van der Waals surface area contributed by atoms with Gasteiger partial charge in [0.15, 0.2) is 0 Å². The van der Waals surface area contributed by atoms with E-state index in [0.29, 0.717) is 19.0 Å². The number of anilines is 1. The maximum absolute atomic E-state index is 13.1. The second-order valence-corrected chi connectivity index (χ2v) is 9.46. The average molecular weight is 475 g/mol. The number of aromatic nitrogens is 2. The van der Waals surface area contributed by atoms with Crippen molar-refractivity contribution in [3.63, 3.8) is 0 Å². The molecule has 1 heterocycles. The van der Waals surface area contributed by atoms with Crippen LogP contribution >= 0.6 is 0 Å². The molecule has 0 fully saturated rings. The summed E-state index contributed by atoms with van der Waals surface area (Å²) in [5, 5.41) is 7.71. The Morgan fingerprint density at radius 2 is 1.77 bits per heavy atom. The van der Waals surface area contributed by atoms with E-state index in [-0.39, 0.29) is 23.8 Å². The van der Waals surface area contributed by atoms with Crippen LogP contribution in [0, 0.1) is 6.92 Å². The van der Waals surface area contributed by atoms with Crippen molar-refractivity contribution < 1.29 is 14.3 Å². The van der Waals surface area contributed by atoms with Crippen molar-refractivity contribution in [2.24, 2.45) is 0 Å². The summed E-state index contributed by atoms with van der Waals surface area (Å²) in [5.74, 6) is -0.0116. The van der Waals surface area contributed by atoms with Crippen LogP contribution < -0.4 is 5.32 Å². The van der Waals surface area contributed by atoms with Gasteiger partial charge in [-0.15, -0.1) is 0 Å². The van der Waals surface area contributed by atoms with Crippen LogP contribution in [0.4, 0.5) is 5.82 Å². The molecule has 0 saturated carbocycles. The van der Waals surface area contributed by atoms with Gasteiger partial charge in [-0.05, 0) is 30.7 Å². The van der Waals surface area contributed by atoms with Crippen molar-refractivity contribution in [2.75, 3.05) is 32.1 Å². The first-order valence-corrected chi connectivity index (χ1v) is 11.7. The van der Waals surface area contributed by atoms with Crippen molar-refractivity contribution in [3.8, 4) is 5.69 Å². The number of hydrogen-bond donors (Lipinski definition) is 1. The molecule has 7 heteroatoms. The largest absolute Gasteiger partial charge is 0.383 e. The minimum atomic E-state index is -0.309. The summed E-state index contributed by atoms with van der Waals surface area (Å²) in [6.07, 6.45) is 3.22. The number of nitrogens with zero attached hydrogens (tertiary/aromatic N) is 3. The van der Waals surface area contributed by atoms with E-state index in [4.69, 9.17) is 9.84 Å². The van der Waals surface area contributed by atoms with E-state index in [9.17, 15) is 9.59 Å². The zero-order valence-electron chi connectivity index (χ0n) is 21.1. The molecule has 0 radical (unpaired) electrons. The summed E-state index contributed by atoms with van der Waals surface area (Å²) in [5.41, 5.74) is 3.55. The summed E-state index contributed by atoms with van der Waals surface area (Å²) in [7, 11) is 1.57. The minimum absolute atomic E-state index is 0.106. The monoisotopic (exact) mass is 474 g/mol. The molecule has 1 N–H and O–H groups in total. The first kappa shape index (κ1) is 25.9. The highest BCUT2D eigenvalue weighted by Gasteiger charge is 2.22. The highest BCUT2D eigenvalue weighted by molar-refractivity contribution is 5.97. The van der Waals surface area contributed by atoms with E-state index in [2.05, 4.69) is 26.1 Å². The zero-order valence-corrected chi connectivity index (χ0v) is 21.1. The molecule has 0 aliphatic heterocycles. The van der Waals surface area contributed by atoms with Crippen molar-refractivity contribution in [1.29, 1.82) is 0 Å². The number of hydrogen-bond acceptors (Lipinski definition) is 4. The smallest absolute Gasteiger partial charge is 0.247 e. The van der Waals surface area contributed by atoms with Gasteiger partial charge in [0.05, 0.1) is 18.0 Å². The normalized spacial score (nSPS) is 11.6. The van der Waals surface area contributed by atoms with E-state index in [1.54, 1.807) is 17.9 Å². The summed E-state index contributed by atoms with van der Waals surface area (Å²) in [4.78, 5) is 27.4. The first-order valence-electron chi connectivity index (χ1n) is 11.7. The van der Waals surface area contributed by atoms with Crippen LogP contribution in [-0.4, -0.2) is 53.3 Å². The Morgan fingerprint density at radius 1 is 1.09 bits per heavy atom. The summed E-state index contributed by atoms with van der Waals surface area (Å²) >= 11 is 0. The summed E-state index contributed by atoms with van der Waals surface area (Å²) in [6, 6.07) is 19.4. The van der Waals surface area contributed by atoms with Gasteiger partial charge in [-0.3, -0.25) is 9.59 Å². The lowest BCUT2D eigenvalue weighted by Gasteiger charge is -2.20. The number of benzene rings is 2. The van der Waals surface area contributed by atoms with Gasteiger partial charge < -0.3 is 15.0 Å². The third kappa shape index (κ3) is 7.39. The van der Waals surface area contributed by atoms with Gasteiger partial charge in [0.2, 0.25) is 11.8 Å². The summed E-state index contributed by atoms with van der Waals surface area (Å²) < 4.78 is 6.88. The molecule has 35 heavy (non-hydrogen) atoms. The highest BCUT2D eigenvalue weighted by Crippen LogP contribution is 2.26. The van der Waals surface area contributed by atoms with Crippen LogP contribution in [0.25, 0.3) is 11.8 Å². The number of amides is 2. The Balaban J connectivity index is 1.79. The average Bonchev–Trinajstić information content (AvgIpc) is 3.25. The molecule has 0 aliphatic carbocycles. The number of carbonyl (C=O) groups excluding carboxylic acids is 2. The van der Waals surface area contributed by atoms with Gasteiger partial charge in [-0.2, -0.15) is 5.10 Å². The van der Waals surface area contributed by atoms with Crippen molar-refractivity contribution in [3.05, 3.63) is 83.6 Å². The van der Waals surface area contributed by atoms with Gasteiger partial charge in [0.25, 0.3) is 0 Å². The Bertz CT molecular complexity index is 1160. The minimum Gasteiger partial charge on any atom is -0.383 e. The fourth-order valence-electron chi connectivity index (χ4n) is 3.38. The molecular formula is C28H34N4O3. The SMILES string of the molecule is COCCN(CC(=O)Nc1cc(C(C)(C)C)nn1-c1ccc(C)cc1)C(=O)C=Cc1ccccc1. The molecule has 2 amide bonds. The first-order chi connectivity index (χ1) is 16.7. The van der Waals surface area contributed by atoms with Crippen molar-refractivity contribution >= 4 is 23.7 Å². The number of methoxy groups -OCH3 is 1. The molecule has 0 bridgehead atoms. The number of ether oxygens (including phenoxy) is 1. The van der Waals surface area contributed by atoms with Crippen LogP contribution in [0.2, 0.25) is 0 Å². The lowest BCUT2D eigenvalue weighted by Crippen LogP contribution is -2.39. The molecule has 0 spiro atoms.